The summed E-state index contributed by atoms with van der Waals surface area (Å²) >= 11 is 6.21. The molecule has 0 saturated heterocycles. The number of anilines is 1. The number of methoxy groups -OCH3 is 1. The van der Waals surface area contributed by atoms with Gasteiger partial charge in [-0.25, -0.2) is 9.78 Å². The number of tetrazole rings is 1. The zero-order chi connectivity index (χ0) is 29.9. The van der Waals surface area contributed by atoms with Crippen molar-refractivity contribution in [2.75, 3.05) is 19.0 Å². The molecule has 0 aliphatic rings. The van der Waals surface area contributed by atoms with Gasteiger partial charge in [0.15, 0.2) is 0 Å². The Morgan fingerprint density at radius 1 is 1.17 bits per heavy atom. The Kier molecular flexibility index (Phi) is 10.6. The average Bonchev–Trinajstić information content (AvgIpc) is 3.69. The number of carbonyl (C=O) groups is 2. The number of carbonyl (C=O) groups excluding carboxylic acids is 2. The van der Waals surface area contributed by atoms with E-state index < -0.39 is 6.09 Å². The number of H-pyrrole nitrogens is 1. The summed E-state index contributed by atoms with van der Waals surface area (Å²) in [5.74, 6) is 0.903. The number of nitrogens with zero attached hydrogens (tertiary/aromatic N) is 5. The molecule has 4 rings (SSSR count). The Hall–Kier alpha value is -4.71. The maximum atomic E-state index is 13.1. The Morgan fingerprint density at radius 3 is 2.76 bits per heavy atom. The Bertz CT molecular complexity index is 1520. The van der Waals surface area contributed by atoms with Gasteiger partial charge >= 0.3 is 6.09 Å². The highest BCUT2D eigenvalue weighted by Crippen LogP contribution is 2.33. The normalized spacial score (nSPS) is 11.8. The number of unbranched alkanes of at least 4 members (excludes halogenated alkanes) is 2. The Morgan fingerprint density at radius 2 is 2.02 bits per heavy atom. The van der Waals surface area contributed by atoms with E-state index in [9.17, 15) is 9.59 Å². The quantitative estimate of drug-likeness (QED) is 0.131. The number of hydrogen-bond acceptors (Lipinski definition) is 8. The molecule has 0 radical (unpaired) electrons. The van der Waals surface area contributed by atoms with Crippen molar-refractivity contribution in [1.29, 1.82) is 0 Å². The van der Waals surface area contributed by atoms with Crippen LogP contribution < -0.4 is 15.4 Å². The lowest BCUT2D eigenvalue weighted by Crippen LogP contribution is -2.27. The lowest BCUT2D eigenvalue weighted by Gasteiger charge is -2.16. The van der Waals surface area contributed by atoms with E-state index in [0.29, 0.717) is 52.3 Å². The van der Waals surface area contributed by atoms with Crippen LogP contribution in [-0.4, -0.2) is 55.9 Å². The van der Waals surface area contributed by atoms with Crippen LogP contribution in [0.1, 0.15) is 57.0 Å². The summed E-state index contributed by atoms with van der Waals surface area (Å²) in [5.41, 5.74) is 3.38. The van der Waals surface area contributed by atoms with Gasteiger partial charge in [-0.1, -0.05) is 37.8 Å². The molecule has 0 aliphatic carbocycles. The summed E-state index contributed by atoms with van der Waals surface area (Å²) in [5, 5.41) is 17.5. The van der Waals surface area contributed by atoms with Crippen LogP contribution in [0.4, 0.5) is 10.5 Å². The molecule has 2 heterocycles. The number of aromatic nitrogens is 6. The number of ether oxygens (including phenoxy) is 2. The number of hydrogen-bond donors (Lipinski definition) is 3. The van der Waals surface area contributed by atoms with Gasteiger partial charge in [-0.3, -0.25) is 10.1 Å². The second-order valence-corrected chi connectivity index (χ2v) is 9.73. The highest BCUT2D eigenvalue weighted by atomic mass is 35.5. The molecule has 0 bridgehead atoms. The molecule has 2 aromatic carbocycles. The van der Waals surface area contributed by atoms with Crippen molar-refractivity contribution in [2.24, 2.45) is 0 Å². The average molecular weight is 593 g/mol. The minimum absolute atomic E-state index is 0.287. The van der Waals surface area contributed by atoms with Crippen LogP contribution in [0, 0.1) is 0 Å². The standard InChI is InChI=1S/C29H33ClN8O4/c1-4-6-7-8-23(34-27(39)14-9-19-15-20(30)10-13-25(19)38-18-32-36-37-38)28-31-17-24(35-28)22-12-11-21(33-29(40)41-3)16-26(22)42-5-2/h9-18,23H,4-8H2,1-3H3,(H,31,35)(H,33,40)(H,34,39)/b14-9+/t23-/m0/s1. The Labute approximate surface area is 248 Å². The van der Waals surface area contributed by atoms with E-state index in [0.717, 1.165) is 24.8 Å². The number of rotatable bonds is 13. The number of imidazole rings is 1. The lowest BCUT2D eigenvalue weighted by molar-refractivity contribution is -0.117. The van der Waals surface area contributed by atoms with Crippen molar-refractivity contribution in [3.05, 3.63) is 71.4 Å². The summed E-state index contributed by atoms with van der Waals surface area (Å²) in [6.45, 7) is 4.44. The van der Waals surface area contributed by atoms with Gasteiger partial charge in [0.25, 0.3) is 0 Å². The van der Waals surface area contributed by atoms with E-state index in [-0.39, 0.29) is 11.9 Å². The van der Waals surface area contributed by atoms with Crippen molar-refractivity contribution in [2.45, 2.75) is 45.6 Å². The van der Waals surface area contributed by atoms with Crippen LogP contribution in [-0.2, 0) is 9.53 Å². The van der Waals surface area contributed by atoms with E-state index in [1.807, 2.05) is 13.0 Å². The molecular formula is C29H33ClN8O4. The van der Waals surface area contributed by atoms with Gasteiger partial charge < -0.3 is 19.8 Å². The van der Waals surface area contributed by atoms with Gasteiger partial charge in [0, 0.05) is 34.0 Å². The van der Waals surface area contributed by atoms with Crippen LogP contribution in [0.5, 0.6) is 5.75 Å². The van der Waals surface area contributed by atoms with Crippen molar-refractivity contribution in [3.63, 3.8) is 0 Å². The maximum Gasteiger partial charge on any atom is 0.411 e. The highest BCUT2D eigenvalue weighted by Gasteiger charge is 2.19. The molecule has 0 fully saturated rings. The first kappa shape index (κ1) is 30.3. The minimum Gasteiger partial charge on any atom is -0.493 e. The fourth-order valence-corrected chi connectivity index (χ4v) is 4.50. The molecule has 42 heavy (non-hydrogen) atoms. The predicted molar refractivity (Wildman–Crippen MR) is 159 cm³/mol. The molecule has 0 saturated carbocycles. The van der Waals surface area contributed by atoms with Crippen LogP contribution >= 0.6 is 11.6 Å². The van der Waals surface area contributed by atoms with Crippen LogP contribution in [0.15, 0.2) is 55.0 Å². The molecule has 13 heteroatoms. The van der Waals surface area contributed by atoms with Crippen molar-refractivity contribution in [3.8, 4) is 22.7 Å². The van der Waals surface area contributed by atoms with E-state index in [1.165, 1.54) is 24.2 Å². The minimum atomic E-state index is -0.573. The molecule has 2 aromatic heterocycles. The SMILES string of the molecule is CCCCC[C@H](NC(=O)/C=C/c1cc(Cl)ccc1-n1cnnn1)c1ncc(-c2ccc(NC(=O)OC)cc2OCC)[nH]1. The van der Waals surface area contributed by atoms with Crippen LogP contribution in [0.25, 0.3) is 23.0 Å². The first-order valence-electron chi connectivity index (χ1n) is 13.6. The molecule has 0 aliphatic heterocycles. The number of amides is 2. The molecule has 0 spiro atoms. The number of benzene rings is 2. The first-order chi connectivity index (χ1) is 20.4. The number of halogens is 1. The molecule has 3 N–H and O–H groups in total. The smallest absolute Gasteiger partial charge is 0.411 e. The van der Waals surface area contributed by atoms with Crippen molar-refractivity contribution < 1.29 is 19.1 Å². The molecule has 1 atom stereocenters. The molecule has 2 amide bonds. The molecule has 12 nitrogen and oxygen atoms in total. The summed E-state index contributed by atoms with van der Waals surface area (Å²) in [7, 11) is 1.30. The summed E-state index contributed by atoms with van der Waals surface area (Å²) in [4.78, 5) is 32.7. The molecule has 220 valence electrons. The second kappa shape index (κ2) is 14.8. The predicted octanol–water partition coefficient (Wildman–Crippen LogP) is 5.73. The largest absolute Gasteiger partial charge is 0.493 e. The third-order valence-electron chi connectivity index (χ3n) is 6.34. The number of nitrogens with one attached hydrogen (secondary N) is 3. The third-order valence-corrected chi connectivity index (χ3v) is 6.58. The monoisotopic (exact) mass is 592 g/mol. The topological polar surface area (TPSA) is 149 Å². The van der Waals surface area contributed by atoms with Crippen LogP contribution in [0.3, 0.4) is 0 Å². The summed E-state index contributed by atoms with van der Waals surface area (Å²) in [6, 6.07) is 10.2. The fraction of sp³-hybridized carbons (Fsp3) is 0.310. The van der Waals surface area contributed by atoms with Gasteiger partial charge in [0.1, 0.15) is 17.9 Å². The first-order valence-corrected chi connectivity index (χ1v) is 14.0. The van der Waals surface area contributed by atoms with E-state index >= 15 is 0 Å². The van der Waals surface area contributed by atoms with Gasteiger partial charge in [-0.05, 0) is 60.2 Å². The van der Waals surface area contributed by atoms with Gasteiger partial charge in [0.05, 0.1) is 37.3 Å². The van der Waals surface area contributed by atoms with Crippen molar-refractivity contribution >= 4 is 35.4 Å². The maximum absolute atomic E-state index is 13.1. The molecular weight excluding hydrogens is 560 g/mol. The van der Waals surface area contributed by atoms with Crippen molar-refractivity contribution in [1.82, 2.24) is 35.5 Å². The number of aromatic amines is 1. The highest BCUT2D eigenvalue weighted by molar-refractivity contribution is 6.30. The lowest BCUT2D eigenvalue weighted by atomic mass is 10.1. The fourth-order valence-electron chi connectivity index (χ4n) is 4.32. The van der Waals surface area contributed by atoms with Gasteiger partial charge in [0.2, 0.25) is 5.91 Å². The Balaban J connectivity index is 1.55. The third kappa shape index (κ3) is 7.94. The van der Waals surface area contributed by atoms with E-state index in [1.54, 1.807) is 42.6 Å². The van der Waals surface area contributed by atoms with E-state index in [2.05, 4.69) is 47.8 Å². The molecule has 0 unspecified atom stereocenters. The van der Waals surface area contributed by atoms with Crippen LogP contribution in [0.2, 0.25) is 5.02 Å². The molecule has 4 aromatic rings. The zero-order valence-corrected chi connectivity index (χ0v) is 24.4. The second-order valence-electron chi connectivity index (χ2n) is 9.29. The van der Waals surface area contributed by atoms with E-state index in [4.69, 9.17) is 16.3 Å². The van der Waals surface area contributed by atoms with Gasteiger partial charge in [-0.15, -0.1) is 5.10 Å². The summed E-state index contributed by atoms with van der Waals surface area (Å²) < 4.78 is 12.0. The zero-order valence-electron chi connectivity index (χ0n) is 23.6. The summed E-state index contributed by atoms with van der Waals surface area (Å²) in [6.07, 6.45) is 9.42. The van der Waals surface area contributed by atoms with Gasteiger partial charge in [-0.2, -0.15) is 4.68 Å².